The Morgan fingerprint density at radius 1 is 1.18 bits per heavy atom. The fourth-order valence-corrected chi connectivity index (χ4v) is 5.24. The molecule has 1 saturated heterocycles. The van der Waals surface area contributed by atoms with Crippen molar-refractivity contribution in [2.45, 2.75) is 45.7 Å². The van der Waals surface area contributed by atoms with Crippen LogP contribution in [0.25, 0.3) is 6.08 Å². The van der Waals surface area contributed by atoms with Gasteiger partial charge in [-0.2, -0.15) is 5.10 Å². The summed E-state index contributed by atoms with van der Waals surface area (Å²) in [5.74, 6) is 1.63. The van der Waals surface area contributed by atoms with Crippen LogP contribution in [0.3, 0.4) is 0 Å². The molecule has 0 amide bonds. The van der Waals surface area contributed by atoms with Gasteiger partial charge in [-0.25, -0.2) is 0 Å². The van der Waals surface area contributed by atoms with Crippen LogP contribution in [0.15, 0.2) is 64.9 Å². The van der Waals surface area contributed by atoms with E-state index in [9.17, 15) is 0 Å². The number of nitrogens with zero attached hydrogens (tertiary/aromatic N) is 4. The number of likely N-dealkylation sites (N-methyl/N-ethyl adjacent to an activating group) is 1. The highest BCUT2D eigenvalue weighted by atomic mass is 16.3. The number of aromatic nitrogens is 2. The summed E-state index contributed by atoms with van der Waals surface area (Å²) in [4.78, 5) is 5.16. The molecule has 1 unspecified atom stereocenters. The van der Waals surface area contributed by atoms with E-state index in [0.29, 0.717) is 12.0 Å². The third kappa shape index (κ3) is 6.46. The molecule has 5 nitrogen and oxygen atoms in total. The second kappa shape index (κ2) is 11.0. The zero-order valence-electron chi connectivity index (χ0n) is 20.6. The summed E-state index contributed by atoms with van der Waals surface area (Å²) < 4.78 is 7.41. The van der Waals surface area contributed by atoms with E-state index in [1.165, 1.54) is 29.5 Å². The van der Waals surface area contributed by atoms with Crippen LogP contribution in [0, 0.1) is 12.8 Å². The number of hydrogen-bond donors (Lipinski definition) is 0. The van der Waals surface area contributed by atoms with Crippen molar-refractivity contribution in [1.82, 2.24) is 19.6 Å². The molecular weight excluding hydrogens is 408 g/mol. The van der Waals surface area contributed by atoms with Gasteiger partial charge in [-0.15, -0.1) is 0 Å². The van der Waals surface area contributed by atoms with Crippen molar-refractivity contribution in [3.05, 3.63) is 83.1 Å². The van der Waals surface area contributed by atoms with Crippen molar-refractivity contribution in [1.29, 1.82) is 0 Å². The topological polar surface area (TPSA) is 37.4 Å². The van der Waals surface area contributed by atoms with Crippen molar-refractivity contribution in [3.63, 3.8) is 0 Å². The number of aryl methyl sites for hydroxylation is 2. The van der Waals surface area contributed by atoms with Gasteiger partial charge in [0.1, 0.15) is 5.76 Å². The smallest absolute Gasteiger partial charge is 0.126 e. The molecule has 0 aliphatic carbocycles. The van der Waals surface area contributed by atoms with Crippen LogP contribution < -0.4 is 0 Å². The summed E-state index contributed by atoms with van der Waals surface area (Å²) in [6.45, 7) is 8.59. The van der Waals surface area contributed by atoms with Crippen molar-refractivity contribution < 1.29 is 4.42 Å². The Balaban J connectivity index is 1.40. The average molecular weight is 447 g/mol. The number of furan rings is 1. The number of benzene rings is 1. The summed E-state index contributed by atoms with van der Waals surface area (Å²) in [7, 11) is 4.30. The molecule has 2 aromatic heterocycles. The van der Waals surface area contributed by atoms with Gasteiger partial charge in [0.05, 0.1) is 12.0 Å². The predicted molar refractivity (Wildman–Crippen MR) is 135 cm³/mol. The summed E-state index contributed by atoms with van der Waals surface area (Å²) in [5, 5.41) is 4.56. The van der Waals surface area contributed by atoms with Crippen LogP contribution in [-0.2, 0) is 20.0 Å². The first-order valence-corrected chi connectivity index (χ1v) is 12.1. The van der Waals surface area contributed by atoms with E-state index in [4.69, 9.17) is 4.42 Å². The number of likely N-dealkylation sites (tertiary alicyclic amines) is 1. The quantitative estimate of drug-likeness (QED) is 0.454. The number of rotatable bonds is 9. The standard InChI is InChI=1S/C28H38N4O/c1-22(17-27-11-8-16-33-27)19-32-14-12-25(13-15-32)28(18-24-9-6-5-7-10-24)30(3)20-26-21-31(4)29-23(26)2/h5-11,16-17,21,25,28H,12-15,18-20H2,1-4H3/b22-17+. The maximum absolute atomic E-state index is 5.48. The lowest BCUT2D eigenvalue weighted by atomic mass is 9.84. The Labute approximate surface area is 198 Å². The van der Waals surface area contributed by atoms with Gasteiger partial charge in [0.2, 0.25) is 0 Å². The fraction of sp³-hybridized carbons (Fsp3) is 0.464. The van der Waals surface area contributed by atoms with Crippen molar-refractivity contribution in [2.24, 2.45) is 13.0 Å². The second-order valence-corrected chi connectivity index (χ2v) is 9.71. The minimum Gasteiger partial charge on any atom is -0.465 e. The number of piperidine rings is 1. The summed E-state index contributed by atoms with van der Waals surface area (Å²) in [6.07, 6.45) is 9.64. The molecule has 0 bridgehead atoms. The number of hydrogen-bond acceptors (Lipinski definition) is 4. The van der Waals surface area contributed by atoms with Crippen LogP contribution in [0.4, 0.5) is 0 Å². The molecule has 5 heteroatoms. The SMILES string of the molecule is C/C(=C\c1ccco1)CN1CCC(C(Cc2ccccc2)N(C)Cc2cn(C)nc2C)CC1. The Kier molecular flexibility index (Phi) is 7.84. The minimum absolute atomic E-state index is 0.522. The molecule has 33 heavy (non-hydrogen) atoms. The Morgan fingerprint density at radius 2 is 1.94 bits per heavy atom. The minimum atomic E-state index is 0.522. The van der Waals surface area contributed by atoms with Gasteiger partial charge in [0.15, 0.2) is 0 Å². The first kappa shape index (κ1) is 23.5. The highest BCUT2D eigenvalue weighted by Crippen LogP contribution is 2.28. The molecule has 1 aromatic carbocycles. The van der Waals surface area contributed by atoms with Gasteiger partial charge in [0, 0.05) is 37.9 Å². The molecule has 1 fully saturated rings. The van der Waals surface area contributed by atoms with Crippen molar-refractivity contribution in [2.75, 3.05) is 26.7 Å². The molecule has 1 aliphatic rings. The molecule has 1 atom stereocenters. The molecule has 176 valence electrons. The highest BCUT2D eigenvalue weighted by Gasteiger charge is 2.30. The van der Waals surface area contributed by atoms with Gasteiger partial charge in [-0.1, -0.05) is 35.9 Å². The summed E-state index contributed by atoms with van der Waals surface area (Å²) >= 11 is 0. The van der Waals surface area contributed by atoms with E-state index in [1.54, 1.807) is 6.26 Å². The molecule has 0 saturated carbocycles. The summed E-state index contributed by atoms with van der Waals surface area (Å²) in [6, 6.07) is 15.5. The molecule has 3 aromatic rings. The van der Waals surface area contributed by atoms with Gasteiger partial charge in [-0.05, 0) is 82.9 Å². The van der Waals surface area contributed by atoms with Gasteiger partial charge in [0.25, 0.3) is 0 Å². The maximum Gasteiger partial charge on any atom is 0.126 e. The molecule has 1 aliphatic heterocycles. The van der Waals surface area contributed by atoms with E-state index in [-0.39, 0.29) is 0 Å². The molecule has 0 spiro atoms. The zero-order chi connectivity index (χ0) is 23.2. The lowest BCUT2D eigenvalue weighted by Gasteiger charge is -2.40. The van der Waals surface area contributed by atoms with Crippen molar-refractivity contribution in [3.8, 4) is 0 Å². The van der Waals surface area contributed by atoms with Crippen LogP contribution in [-0.4, -0.2) is 52.3 Å². The third-order valence-electron chi connectivity index (χ3n) is 6.97. The van der Waals surface area contributed by atoms with Crippen LogP contribution in [0.5, 0.6) is 0 Å². The van der Waals surface area contributed by atoms with E-state index in [0.717, 1.165) is 44.1 Å². The van der Waals surface area contributed by atoms with Crippen molar-refractivity contribution >= 4 is 6.08 Å². The predicted octanol–water partition coefficient (Wildman–Crippen LogP) is 5.18. The van der Waals surface area contributed by atoms with E-state index < -0.39 is 0 Å². The lowest BCUT2D eigenvalue weighted by molar-refractivity contribution is 0.102. The molecule has 0 N–H and O–H groups in total. The Bertz CT molecular complexity index is 1010. The summed E-state index contributed by atoms with van der Waals surface area (Å²) in [5.41, 5.74) is 5.25. The Morgan fingerprint density at radius 3 is 2.58 bits per heavy atom. The molecule has 3 heterocycles. The monoisotopic (exact) mass is 446 g/mol. The zero-order valence-corrected chi connectivity index (χ0v) is 20.6. The van der Waals surface area contributed by atoms with Gasteiger partial charge < -0.3 is 4.42 Å². The van der Waals surface area contributed by atoms with Crippen LogP contribution in [0.1, 0.15) is 42.3 Å². The molecule has 4 rings (SSSR count). The fourth-order valence-electron chi connectivity index (χ4n) is 5.24. The first-order valence-electron chi connectivity index (χ1n) is 12.1. The van der Waals surface area contributed by atoms with Gasteiger partial charge in [-0.3, -0.25) is 14.5 Å². The van der Waals surface area contributed by atoms with E-state index in [2.05, 4.69) is 78.4 Å². The second-order valence-electron chi connectivity index (χ2n) is 9.71. The maximum atomic E-state index is 5.48. The lowest BCUT2D eigenvalue weighted by Crippen LogP contribution is -2.45. The van der Waals surface area contributed by atoms with E-state index in [1.807, 2.05) is 23.9 Å². The molecule has 0 radical (unpaired) electrons. The normalized spacial score (nSPS) is 17.1. The van der Waals surface area contributed by atoms with E-state index >= 15 is 0 Å². The first-order chi connectivity index (χ1) is 16.0. The largest absolute Gasteiger partial charge is 0.465 e. The van der Waals surface area contributed by atoms with Gasteiger partial charge >= 0.3 is 0 Å². The average Bonchev–Trinajstić information content (AvgIpc) is 3.42. The van der Waals surface area contributed by atoms with Crippen LogP contribution in [0.2, 0.25) is 0 Å². The Hall–Kier alpha value is -2.63. The van der Waals surface area contributed by atoms with Crippen LogP contribution >= 0.6 is 0 Å². The third-order valence-corrected chi connectivity index (χ3v) is 6.97. The molecular formula is C28H38N4O. The highest BCUT2D eigenvalue weighted by molar-refractivity contribution is 5.46.